The van der Waals surface area contributed by atoms with Crippen LogP contribution < -0.4 is 25.5 Å². The maximum absolute atomic E-state index is 15.1. The third kappa shape index (κ3) is 6.68. The summed E-state index contributed by atoms with van der Waals surface area (Å²) in [6.07, 6.45) is 4.67. The molecule has 0 bridgehead atoms. The summed E-state index contributed by atoms with van der Waals surface area (Å²) in [6.45, 7) is 9.62. The summed E-state index contributed by atoms with van der Waals surface area (Å²) in [4.78, 5) is 29.8. The number of fused-ring (bicyclic) bond motifs is 2. The smallest absolute Gasteiger partial charge is 0.264 e. The van der Waals surface area contributed by atoms with Crippen molar-refractivity contribution in [3.63, 3.8) is 0 Å². The highest BCUT2D eigenvalue weighted by molar-refractivity contribution is 6.91. The fraction of sp³-hybridized carbons (Fsp3) is 0.450. The topological polar surface area (TPSA) is 131 Å². The number of benzene rings is 3. The fourth-order valence-electron chi connectivity index (χ4n) is 8.83. The molecule has 3 aliphatic rings. The van der Waals surface area contributed by atoms with Crippen molar-refractivity contribution in [3.05, 3.63) is 95.8 Å². The summed E-state index contributed by atoms with van der Waals surface area (Å²) >= 11 is 0. The predicted octanol–water partition coefficient (Wildman–Crippen LogP) is 4.61. The van der Waals surface area contributed by atoms with Crippen LogP contribution >= 0.6 is 0 Å². The van der Waals surface area contributed by atoms with Crippen molar-refractivity contribution in [3.8, 4) is 5.75 Å². The van der Waals surface area contributed by atoms with Crippen LogP contribution in [0, 0.1) is 11.8 Å². The van der Waals surface area contributed by atoms with Crippen molar-refractivity contribution in [2.45, 2.75) is 76.0 Å². The zero-order valence-electron chi connectivity index (χ0n) is 30.5. The molecule has 2 amide bonds. The molecule has 2 fully saturated rings. The number of rotatable bonds is 12. The van der Waals surface area contributed by atoms with Gasteiger partial charge in [-0.3, -0.25) is 14.3 Å². The predicted molar refractivity (Wildman–Crippen MR) is 203 cm³/mol. The van der Waals surface area contributed by atoms with Gasteiger partial charge < -0.3 is 30.1 Å². The summed E-state index contributed by atoms with van der Waals surface area (Å²) in [5.41, 5.74) is 3.20. The largest absolute Gasteiger partial charge is 0.497 e. The van der Waals surface area contributed by atoms with Gasteiger partial charge in [-0.15, -0.1) is 5.10 Å². The zero-order chi connectivity index (χ0) is 36.5. The van der Waals surface area contributed by atoms with E-state index < -0.39 is 13.7 Å². The van der Waals surface area contributed by atoms with Crippen LogP contribution in [0.2, 0.25) is 18.6 Å². The summed E-state index contributed by atoms with van der Waals surface area (Å²) < 4.78 is 14.6. The van der Waals surface area contributed by atoms with E-state index in [1.807, 2.05) is 70.4 Å². The first kappa shape index (κ1) is 36.0. The van der Waals surface area contributed by atoms with Crippen LogP contribution in [0.25, 0.3) is 0 Å². The van der Waals surface area contributed by atoms with E-state index in [1.165, 1.54) is 5.19 Å². The van der Waals surface area contributed by atoms with Gasteiger partial charge in [0.2, 0.25) is 5.91 Å². The molecule has 0 aliphatic carbocycles. The number of anilines is 2. The molecular formula is C40H50N6O5Si. The molecule has 4 heterocycles. The van der Waals surface area contributed by atoms with E-state index in [0.717, 1.165) is 53.3 Å². The number of carbonyl (C=O) groups excluding carboxylic acids is 2. The Labute approximate surface area is 306 Å². The molecule has 1 unspecified atom stereocenters. The zero-order valence-corrected chi connectivity index (χ0v) is 31.5. The number of aryl methyl sites for hydroxylation is 1. The quantitative estimate of drug-likeness (QED) is 0.181. The van der Waals surface area contributed by atoms with Gasteiger partial charge >= 0.3 is 0 Å². The summed E-state index contributed by atoms with van der Waals surface area (Å²) in [6, 6.07) is 24.3. The molecule has 5 atom stereocenters. The normalized spacial score (nSPS) is 24.3. The molecule has 0 radical (unpaired) electrons. The summed E-state index contributed by atoms with van der Waals surface area (Å²) in [5, 5.41) is 25.6. The molecule has 3 aliphatic heterocycles. The van der Waals surface area contributed by atoms with Crippen LogP contribution in [0.3, 0.4) is 0 Å². The van der Waals surface area contributed by atoms with Gasteiger partial charge in [-0.05, 0) is 67.2 Å². The van der Waals surface area contributed by atoms with Gasteiger partial charge in [-0.2, -0.15) is 0 Å². The standard InChI is InChI=1S/C40H50N6O5Si/c1-27-37(52(3,4)33-17-15-32(50-2)16-18-33)36(19-22-45-26-31(20-23-47)43-44-45)51-40(27)34-9-5-6-10-35(34)46(39(40)49)25-28-11-13-30(14-12-28)42-38(48)29-8-7-21-41-24-29/h5-6,9-18,26-27,29,36-37,41,47H,7-8,19-25H2,1-4H3,(H,42,48)/t27-,29?,36+,37-,40+/m0/s1. The Bertz CT molecular complexity index is 1880. The lowest BCUT2D eigenvalue weighted by Gasteiger charge is -2.37. The van der Waals surface area contributed by atoms with Gasteiger partial charge in [0.05, 0.1) is 45.1 Å². The van der Waals surface area contributed by atoms with Crippen molar-refractivity contribution >= 4 is 36.4 Å². The average Bonchev–Trinajstić information content (AvgIpc) is 3.81. The highest BCUT2D eigenvalue weighted by Gasteiger charge is 2.66. The SMILES string of the molecule is COc1ccc([Si](C)(C)[C@@H]2[C@@H](CCn3cc(CCO)nn3)O[C@]3(C(=O)N(Cc4ccc(NC(=O)C5CCCNC5)cc4)c4ccccc43)[C@H]2C)cc1. The molecular weight excluding hydrogens is 673 g/mol. The molecule has 12 heteroatoms. The summed E-state index contributed by atoms with van der Waals surface area (Å²) in [5.74, 6) is 0.670. The van der Waals surface area contributed by atoms with Gasteiger partial charge in [0.15, 0.2) is 5.60 Å². The summed E-state index contributed by atoms with van der Waals surface area (Å²) in [7, 11) is -0.617. The monoisotopic (exact) mass is 722 g/mol. The van der Waals surface area contributed by atoms with Crippen molar-refractivity contribution in [1.29, 1.82) is 0 Å². The number of aliphatic hydroxyl groups excluding tert-OH is 1. The molecule has 1 aromatic heterocycles. The number of amides is 2. The Kier molecular flexibility index (Phi) is 10.3. The number of carbonyl (C=O) groups is 2. The third-order valence-electron chi connectivity index (χ3n) is 11.6. The van der Waals surface area contributed by atoms with Gasteiger partial charge in [0.25, 0.3) is 5.91 Å². The third-order valence-corrected chi connectivity index (χ3v) is 15.9. The molecule has 3 N–H and O–H groups in total. The van der Waals surface area contributed by atoms with Crippen LogP contribution in [-0.4, -0.2) is 72.9 Å². The average molecular weight is 723 g/mol. The van der Waals surface area contributed by atoms with Gasteiger partial charge in [-0.25, -0.2) is 0 Å². The highest BCUT2D eigenvalue weighted by Crippen LogP contribution is 2.60. The number of aromatic nitrogens is 3. The van der Waals surface area contributed by atoms with Crippen molar-refractivity contribution < 1.29 is 24.2 Å². The minimum Gasteiger partial charge on any atom is -0.497 e. The lowest BCUT2D eigenvalue weighted by atomic mass is 9.82. The number of methoxy groups -OCH3 is 1. The molecule has 52 heavy (non-hydrogen) atoms. The molecule has 2 saturated heterocycles. The number of nitrogens with zero attached hydrogens (tertiary/aromatic N) is 4. The van der Waals surface area contributed by atoms with Crippen molar-refractivity contribution in [1.82, 2.24) is 20.3 Å². The van der Waals surface area contributed by atoms with E-state index >= 15 is 4.79 Å². The molecule has 274 valence electrons. The number of nitrogens with one attached hydrogen (secondary N) is 2. The van der Waals surface area contributed by atoms with Crippen LogP contribution in [0.5, 0.6) is 5.75 Å². The Hall–Kier alpha value is -4.36. The van der Waals surface area contributed by atoms with Gasteiger partial charge in [0.1, 0.15) is 5.75 Å². The number of ether oxygens (including phenoxy) is 2. The first-order chi connectivity index (χ1) is 25.1. The minimum atomic E-state index is -2.30. The second-order valence-corrected chi connectivity index (χ2v) is 19.7. The van der Waals surface area contributed by atoms with Crippen LogP contribution in [-0.2, 0) is 39.4 Å². The molecule has 0 saturated carbocycles. The lowest BCUT2D eigenvalue weighted by molar-refractivity contribution is -0.146. The van der Waals surface area contributed by atoms with Crippen molar-refractivity contribution in [2.75, 3.05) is 37.0 Å². The Balaban J connectivity index is 1.18. The lowest BCUT2D eigenvalue weighted by Crippen LogP contribution is -2.51. The van der Waals surface area contributed by atoms with E-state index in [4.69, 9.17) is 9.47 Å². The van der Waals surface area contributed by atoms with Crippen LogP contribution in [0.15, 0.2) is 79.0 Å². The number of aliphatic hydroxyl groups is 1. The van der Waals surface area contributed by atoms with E-state index in [1.54, 1.807) is 7.11 Å². The Morgan fingerprint density at radius 1 is 1.12 bits per heavy atom. The molecule has 3 aromatic carbocycles. The highest BCUT2D eigenvalue weighted by atomic mass is 28.3. The Morgan fingerprint density at radius 2 is 1.88 bits per heavy atom. The molecule has 4 aromatic rings. The second-order valence-electron chi connectivity index (χ2n) is 15.0. The van der Waals surface area contributed by atoms with Gasteiger partial charge in [0, 0.05) is 49.5 Å². The van der Waals surface area contributed by atoms with Crippen molar-refractivity contribution in [2.24, 2.45) is 11.8 Å². The maximum atomic E-state index is 15.1. The molecule has 1 spiro atoms. The molecule has 7 rings (SSSR count). The first-order valence-corrected chi connectivity index (χ1v) is 21.6. The number of piperidine rings is 1. The number of hydrogen-bond donors (Lipinski definition) is 3. The van der Waals surface area contributed by atoms with Crippen LogP contribution in [0.4, 0.5) is 11.4 Å². The number of hydrogen-bond acceptors (Lipinski definition) is 8. The van der Waals surface area contributed by atoms with E-state index in [-0.39, 0.29) is 41.9 Å². The van der Waals surface area contributed by atoms with Gasteiger partial charge in [-0.1, -0.05) is 72.9 Å². The first-order valence-electron chi connectivity index (χ1n) is 18.5. The second kappa shape index (κ2) is 14.9. The van der Waals surface area contributed by atoms with E-state index in [9.17, 15) is 9.90 Å². The number of para-hydroxylation sites is 1. The van der Waals surface area contributed by atoms with E-state index in [0.29, 0.717) is 32.5 Å². The maximum Gasteiger partial charge on any atom is 0.264 e. The Morgan fingerprint density at radius 3 is 2.60 bits per heavy atom. The fourth-order valence-corrected chi connectivity index (χ4v) is 12.9. The van der Waals surface area contributed by atoms with Crippen LogP contribution in [0.1, 0.15) is 43.0 Å². The van der Waals surface area contributed by atoms with E-state index in [2.05, 4.69) is 59.2 Å². The molecule has 11 nitrogen and oxygen atoms in total. The minimum absolute atomic E-state index is 0.0191.